The van der Waals surface area contributed by atoms with Crippen molar-refractivity contribution in [3.63, 3.8) is 0 Å². The van der Waals surface area contributed by atoms with Gasteiger partial charge in [0.25, 0.3) is 0 Å². The number of hydrogen-bond donors (Lipinski definition) is 1. The Bertz CT molecular complexity index is 711. The van der Waals surface area contributed by atoms with Gasteiger partial charge >= 0.3 is 12.1 Å². The second kappa shape index (κ2) is 8.41. The summed E-state index contributed by atoms with van der Waals surface area (Å²) in [6, 6.07) is 7.21. The average Bonchev–Trinajstić information content (AvgIpc) is 2.58. The summed E-state index contributed by atoms with van der Waals surface area (Å²) in [5.41, 5.74) is 0.918. The highest BCUT2D eigenvalue weighted by atomic mass is 16.6. The number of nitrogens with zero attached hydrogens (tertiary/aromatic N) is 1. The Labute approximate surface area is 160 Å². The first-order valence-corrected chi connectivity index (χ1v) is 9.09. The largest absolute Gasteiger partial charge is 0.469 e. The molecule has 1 aliphatic rings. The SMILES string of the molecule is COC(=O)C1CC(C)N(C(=O)CCNC(=O)OC(C)(C)C)c2ccccc21. The number of rotatable bonds is 4. The molecular formula is C20H28N2O5. The maximum atomic E-state index is 12.8. The fourth-order valence-electron chi connectivity index (χ4n) is 3.26. The molecule has 1 N–H and O–H groups in total. The number of esters is 1. The smallest absolute Gasteiger partial charge is 0.407 e. The number of para-hydroxylation sites is 1. The number of hydrogen-bond acceptors (Lipinski definition) is 5. The van der Waals surface area contributed by atoms with Crippen molar-refractivity contribution in [1.29, 1.82) is 0 Å². The summed E-state index contributed by atoms with van der Waals surface area (Å²) >= 11 is 0. The lowest BCUT2D eigenvalue weighted by molar-refractivity contribution is -0.143. The van der Waals surface area contributed by atoms with Gasteiger partial charge in [0.15, 0.2) is 0 Å². The first-order valence-electron chi connectivity index (χ1n) is 9.09. The van der Waals surface area contributed by atoms with Gasteiger partial charge in [-0.25, -0.2) is 4.79 Å². The molecule has 0 saturated heterocycles. The van der Waals surface area contributed by atoms with Gasteiger partial charge in [-0.15, -0.1) is 0 Å². The van der Waals surface area contributed by atoms with Crippen LogP contribution in [0.1, 0.15) is 52.0 Å². The first kappa shape index (κ1) is 20.7. The molecule has 1 aromatic carbocycles. The van der Waals surface area contributed by atoms with Crippen LogP contribution in [0.3, 0.4) is 0 Å². The highest BCUT2D eigenvalue weighted by Crippen LogP contribution is 2.39. The predicted octanol–water partition coefficient (Wildman–Crippen LogP) is 2.98. The number of benzene rings is 1. The van der Waals surface area contributed by atoms with E-state index in [-0.39, 0.29) is 36.8 Å². The molecule has 0 aliphatic carbocycles. The number of methoxy groups -OCH3 is 1. The quantitative estimate of drug-likeness (QED) is 0.817. The predicted molar refractivity (Wildman–Crippen MR) is 102 cm³/mol. The third-order valence-electron chi connectivity index (χ3n) is 4.35. The van der Waals surface area contributed by atoms with Gasteiger partial charge in [-0.1, -0.05) is 18.2 Å². The van der Waals surface area contributed by atoms with Crippen molar-refractivity contribution in [2.24, 2.45) is 0 Å². The normalized spacial score (nSPS) is 19.1. The van der Waals surface area contributed by atoms with E-state index < -0.39 is 11.7 Å². The van der Waals surface area contributed by atoms with Crippen molar-refractivity contribution in [1.82, 2.24) is 5.32 Å². The topological polar surface area (TPSA) is 84.9 Å². The zero-order chi connectivity index (χ0) is 20.2. The average molecular weight is 376 g/mol. The Morgan fingerprint density at radius 3 is 2.52 bits per heavy atom. The van der Waals surface area contributed by atoms with Crippen LogP contribution in [0.25, 0.3) is 0 Å². The van der Waals surface area contributed by atoms with Crippen LogP contribution in [0.2, 0.25) is 0 Å². The van der Waals surface area contributed by atoms with Gasteiger partial charge in [-0.2, -0.15) is 0 Å². The van der Waals surface area contributed by atoms with Gasteiger partial charge in [0.1, 0.15) is 5.60 Å². The summed E-state index contributed by atoms with van der Waals surface area (Å²) in [4.78, 5) is 38.3. The van der Waals surface area contributed by atoms with E-state index in [1.165, 1.54) is 7.11 Å². The van der Waals surface area contributed by atoms with E-state index in [0.717, 1.165) is 5.56 Å². The number of amides is 2. The number of carbonyl (C=O) groups is 3. The number of alkyl carbamates (subject to hydrolysis) is 1. The lowest BCUT2D eigenvalue weighted by Crippen LogP contribution is -2.45. The molecule has 0 spiro atoms. The molecule has 0 saturated carbocycles. The van der Waals surface area contributed by atoms with Crippen molar-refractivity contribution in [3.05, 3.63) is 29.8 Å². The lowest BCUT2D eigenvalue weighted by atomic mass is 9.86. The highest BCUT2D eigenvalue weighted by Gasteiger charge is 2.37. The molecule has 2 rings (SSSR count). The van der Waals surface area contributed by atoms with Crippen LogP contribution in [0.4, 0.5) is 10.5 Å². The Kier molecular flexibility index (Phi) is 6.46. The van der Waals surface area contributed by atoms with Crippen molar-refractivity contribution in [2.45, 2.75) is 58.1 Å². The fraction of sp³-hybridized carbons (Fsp3) is 0.550. The summed E-state index contributed by atoms with van der Waals surface area (Å²) in [5.74, 6) is -0.799. The van der Waals surface area contributed by atoms with Crippen LogP contribution in [0.5, 0.6) is 0 Å². The minimum absolute atomic E-state index is 0.116. The molecule has 27 heavy (non-hydrogen) atoms. The van der Waals surface area contributed by atoms with Crippen LogP contribution in [0, 0.1) is 0 Å². The second-order valence-corrected chi connectivity index (χ2v) is 7.66. The van der Waals surface area contributed by atoms with Crippen LogP contribution in [0.15, 0.2) is 24.3 Å². The Morgan fingerprint density at radius 1 is 1.22 bits per heavy atom. The van der Waals surface area contributed by atoms with Crippen molar-refractivity contribution < 1.29 is 23.9 Å². The van der Waals surface area contributed by atoms with E-state index in [2.05, 4.69) is 5.32 Å². The summed E-state index contributed by atoms with van der Waals surface area (Å²) < 4.78 is 10.1. The Hall–Kier alpha value is -2.57. The molecule has 2 unspecified atom stereocenters. The van der Waals surface area contributed by atoms with E-state index in [0.29, 0.717) is 12.1 Å². The van der Waals surface area contributed by atoms with Crippen molar-refractivity contribution >= 4 is 23.7 Å². The molecule has 148 valence electrons. The Balaban J connectivity index is 2.07. The van der Waals surface area contributed by atoms with Gasteiger partial charge in [-0.3, -0.25) is 9.59 Å². The second-order valence-electron chi connectivity index (χ2n) is 7.66. The van der Waals surface area contributed by atoms with Gasteiger partial charge in [0.05, 0.1) is 13.0 Å². The van der Waals surface area contributed by atoms with Gasteiger partial charge < -0.3 is 19.7 Å². The molecule has 0 radical (unpaired) electrons. The summed E-state index contributed by atoms with van der Waals surface area (Å²) in [5, 5.41) is 2.60. The molecule has 2 atom stereocenters. The van der Waals surface area contributed by atoms with E-state index in [1.54, 1.807) is 25.7 Å². The van der Waals surface area contributed by atoms with Crippen molar-refractivity contribution in [3.8, 4) is 0 Å². The third kappa shape index (κ3) is 5.21. The maximum absolute atomic E-state index is 12.8. The molecule has 0 fully saturated rings. The van der Waals surface area contributed by atoms with Crippen LogP contribution < -0.4 is 10.2 Å². The zero-order valence-electron chi connectivity index (χ0n) is 16.6. The van der Waals surface area contributed by atoms with E-state index in [1.807, 2.05) is 31.2 Å². The maximum Gasteiger partial charge on any atom is 0.407 e. The molecule has 7 heteroatoms. The number of nitrogens with one attached hydrogen (secondary N) is 1. The van der Waals surface area contributed by atoms with Crippen LogP contribution >= 0.6 is 0 Å². The molecule has 2 amide bonds. The number of ether oxygens (including phenoxy) is 2. The zero-order valence-corrected chi connectivity index (χ0v) is 16.6. The van der Waals surface area contributed by atoms with Crippen LogP contribution in [-0.2, 0) is 19.1 Å². The first-order chi connectivity index (χ1) is 12.6. The number of carbonyl (C=O) groups excluding carboxylic acids is 3. The minimum Gasteiger partial charge on any atom is -0.469 e. The fourth-order valence-corrected chi connectivity index (χ4v) is 3.26. The molecule has 1 heterocycles. The number of fused-ring (bicyclic) bond motifs is 1. The summed E-state index contributed by atoms with van der Waals surface area (Å²) in [6.45, 7) is 7.43. The van der Waals surface area contributed by atoms with Gasteiger partial charge in [0, 0.05) is 24.7 Å². The molecule has 0 bridgehead atoms. The molecular weight excluding hydrogens is 348 g/mol. The van der Waals surface area contributed by atoms with Crippen LogP contribution in [-0.4, -0.2) is 43.3 Å². The van der Waals surface area contributed by atoms with Gasteiger partial charge in [0.2, 0.25) is 5.91 Å². The molecule has 7 nitrogen and oxygen atoms in total. The summed E-state index contributed by atoms with van der Waals surface area (Å²) in [7, 11) is 1.37. The highest BCUT2D eigenvalue weighted by molar-refractivity contribution is 5.97. The van der Waals surface area contributed by atoms with Crippen molar-refractivity contribution in [2.75, 3.05) is 18.6 Å². The monoisotopic (exact) mass is 376 g/mol. The number of anilines is 1. The Morgan fingerprint density at radius 2 is 1.89 bits per heavy atom. The van der Waals surface area contributed by atoms with Gasteiger partial charge in [-0.05, 0) is 45.7 Å². The molecule has 0 aromatic heterocycles. The standard InChI is InChI=1S/C20H28N2O5/c1-13-12-15(18(24)26-5)14-8-6-7-9-16(14)22(13)17(23)10-11-21-19(25)27-20(2,3)4/h6-9,13,15H,10-12H2,1-5H3,(H,21,25). The van der Waals surface area contributed by atoms with E-state index in [4.69, 9.17) is 9.47 Å². The van der Waals surface area contributed by atoms with E-state index >= 15 is 0 Å². The third-order valence-corrected chi connectivity index (χ3v) is 4.35. The van der Waals surface area contributed by atoms with E-state index in [9.17, 15) is 14.4 Å². The molecule has 1 aliphatic heterocycles. The summed E-state index contributed by atoms with van der Waals surface area (Å²) in [6.07, 6.45) is 0.0866. The lowest BCUT2D eigenvalue weighted by Gasteiger charge is -2.38. The molecule has 1 aromatic rings. The minimum atomic E-state index is -0.586.